The molecule has 8 nitrogen and oxygen atoms in total. The summed E-state index contributed by atoms with van der Waals surface area (Å²) < 4.78 is 7.71. The molecular weight excluding hydrogens is 346 g/mol. The first-order valence-corrected chi connectivity index (χ1v) is 9.38. The fourth-order valence-electron chi connectivity index (χ4n) is 3.58. The number of rotatable bonds is 4. The van der Waals surface area contributed by atoms with Crippen LogP contribution in [0.5, 0.6) is 5.75 Å². The fraction of sp³-hybridized carbons (Fsp3) is 0.474. The van der Waals surface area contributed by atoms with Crippen molar-refractivity contribution < 1.29 is 14.3 Å². The van der Waals surface area contributed by atoms with E-state index in [1.807, 2.05) is 12.1 Å². The van der Waals surface area contributed by atoms with Gasteiger partial charge in [0.15, 0.2) is 11.9 Å². The van der Waals surface area contributed by atoms with Gasteiger partial charge in [-0.2, -0.15) is 0 Å². The molecule has 0 bridgehead atoms. The predicted molar refractivity (Wildman–Crippen MR) is 98.3 cm³/mol. The average molecular weight is 369 g/mol. The third-order valence-electron chi connectivity index (χ3n) is 5.01. The number of ether oxygens (including phenoxy) is 1. The smallest absolute Gasteiger partial charge is 0.268 e. The van der Waals surface area contributed by atoms with Crippen LogP contribution in [0.2, 0.25) is 0 Å². The highest BCUT2D eigenvalue weighted by Crippen LogP contribution is 2.33. The van der Waals surface area contributed by atoms with Crippen LogP contribution in [-0.2, 0) is 29.1 Å². The molecule has 0 aliphatic carbocycles. The van der Waals surface area contributed by atoms with Gasteiger partial charge in [-0.15, -0.1) is 10.2 Å². The van der Waals surface area contributed by atoms with E-state index in [9.17, 15) is 9.59 Å². The summed E-state index contributed by atoms with van der Waals surface area (Å²) in [6.45, 7) is 2.83. The molecule has 2 aliphatic heterocycles. The zero-order valence-corrected chi connectivity index (χ0v) is 15.4. The maximum absolute atomic E-state index is 12.5. The van der Waals surface area contributed by atoms with Gasteiger partial charge in [-0.05, 0) is 31.9 Å². The van der Waals surface area contributed by atoms with Crippen molar-refractivity contribution in [3.05, 3.63) is 35.9 Å². The lowest BCUT2D eigenvalue weighted by molar-refractivity contribution is -0.128. The third kappa shape index (κ3) is 3.51. The molecule has 0 radical (unpaired) electrons. The minimum absolute atomic E-state index is 0.0511. The van der Waals surface area contributed by atoms with Crippen LogP contribution in [-0.4, -0.2) is 39.2 Å². The SMILES string of the molecule is C[C@@H]1Oc2ccccc2N(CC(=O)NCc2nnc3n2CCCCC3)C1=O. The van der Waals surface area contributed by atoms with Gasteiger partial charge in [0.05, 0.1) is 12.2 Å². The average Bonchev–Trinajstić information content (AvgIpc) is 2.90. The van der Waals surface area contributed by atoms with E-state index in [-0.39, 0.29) is 18.4 Å². The van der Waals surface area contributed by atoms with Crippen molar-refractivity contribution in [1.29, 1.82) is 0 Å². The number of anilines is 1. The Morgan fingerprint density at radius 3 is 3.00 bits per heavy atom. The number of fused-ring (bicyclic) bond motifs is 2. The Morgan fingerprint density at radius 2 is 2.11 bits per heavy atom. The number of para-hydroxylation sites is 2. The van der Waals surface area contributed by atoms with E-state index in [0.29, 0.717) is 18.0 Å². The molecular formula is C19H23N5O3. The quantitative estimate of drug-likeness (QED) is 0.881. The molecule has 2 amide bonds. The molecule has 8 heteroatoms. The van der Waals surface area contributed by atoms with Crippen LogP contribution in [0.25, 0.3) is 0 Å². The lowest BCUT2D eigenvalue weighted by atomic mass is 10.2. The zero-order valence-electron chi connectivity index (χ0n) is 15.4. The first kappa shape index (κ1) is 17.5. The number of nitrogens with zero attached hydrogens (tertiary/aromatic N) is 4. The lowest BCUT2D eigenvalue weighted by Crippen LogP contribution is -2.48. The molecule has 27 heavy (non-hydrogen) atoms. The summed E-state index contributed by atoms with van der Waals surface area (Å²) in [4.78, 5) is 26.5. The van der Waals surface area contributed by atoms with Gasteiger partial charge in [0.2, 0.25) is 5.91 Å². The summed E-state index contributed by atoms with van der Waals surface area (Å²) in [5.74, 6) is 1.91. The normalized spacial score (nSPS) is 18.9. The topological polar surface area (TPSA) is 89.3 Å². The highest BCUT2D eigenvalue weighted by atomic mass is 16.5. The molecule has 0 fully saturated rings. The van der Waals surface area contributed by atoms with Gasteiger partial charge in [-0.1, -0.05) is 18.6 Å². The van der Waals surface area contributed by atoms with Crippen LogP contribution in [0.15, 0.2) is 24.3 Å². The van der Waals surface area contributed by atoms with Gasteiger partial charge >= 0.3 is 0 Å². The maximum Gasteiger partial charge on any atom is 0.268 e. The van der Waals surface area contributed by atoms with Crippen molar-refractivity contribution >= 4 is 17.5 Å². The van der Waals surface area contributed by atoms with E-state index in [1.165, 1.54) is 11.3 Å². The Balaban J connectivity index is 1.43. The highest BCUT2D eigenvalue weighted by molar-refractivity contribution is 6.03. The number of carbonyl (C=O) groups is 2. The van der Waals surface area contributed by atoms with Gasteiger partial charge < -0.3 is 14.6 Å². The van der Waals surface area contributed by atoms with Crippen molar-refractivity contribution in [1.82, 2.24) is 20.1 Å². The minimum Gasteiger partial charge on any atom is -0.479 e. The Bertz CT molecular complexity index is 863. The van der Waals surface area contributed by atoms with Crippen LogP contribution in [0.1, 0.15) is 37.8 Å². The first-order valence-electron chi connectivity index (χ1n) is 9.38. The Labute approximate surface area is 157 Å². The third-order valence-corrected chi connectivity index (χ3v) is 5.01. The van der Waals surface area contributed by atoms with E-state index in [0.717, 1.165) is 37.5 Å². The Morgan fingerprint density at radius 1 is 1.26 bits per heavy atom. The molecule has 0 saturated heterocycles. The molecule has 2 aromatic rings. The fourth-order valence-corrected chi connectivity index (χ4v) is 3.58. The molecule has 1 aromatic heterocycles. The Kier molecular flexibility index (Phi) is 4.79. The van der Waals surface area contributed by atoms with Gasteiger partial charge in [0.25, 0.3) is 5.91 Å². The van der Waals surface area contributed by atoms with Crippen molar-refractivity contribution in [2.24, 2.45) is 0 Å². The van der Waals surface area contributed by atoms with Gasteiger partial charge in [0.1, 0.15) is 18.1 Å². The second-order valence-electron chi connectivity index (χ2n) is 6.92. The molecule has 1 aromatic carbocycles. The largest absolute Gasteiger partial charge is 0.479 e. The van der Waals surface area contributed by atoms with Crippen LogP contribution in [0.3, 0.4) is 0 Å². The van der Waals surface area contributed by atoms with Gasteiger partial charge in [0, 0.05) is 13.0 Å². The zero-order chi connectivity index (χ0) is 18.8. The van der Waals surface area contributed by atoms with Crippen LogP contribution in [0.4, 0.5) is 5.69 Å². The van der Waals surface area contributed by atoms with Crippen LogP contribution < -0.4 is 15.0 Å². The number of hydrogen-bond donors (Lipinski definition) is 1. The summed E-state index contributed by atoms with van der Waals surface area (Å²) in [7, 11) is 0. The highest BCUT2D eigenvalue weighted by Gasteiger charge is 2.32. The molecule has 1 atom stereocenters. The van der Waals surface area contributed by atoms with Crippen molar-refractivity contribution in [3.8, 4) is 5.75 Å². The van der Waals surface area contributed by atoms with Crippen molar-refractivity contribution in [3.63, 3.8) is 0 Å². The summed E-state index contributed by atoms with van der Waals surface area (Å²) in [5.41, 5.74) is 0.618. The lowest BCUT2D eigenvalue weighted by Gasteiger charge is -2.32. The number of aromatic nitrogens is 3. The second-order valence-corrected chi connectivity index (χ2v) is 6.92. The minimum atomic E-state index is -0.611. The van der Waals surface area contributed by atoms with Crippen molar-refractivity contribution in [2.75, 3.05) is 11.4 Å². The summed E-state index contributed by atoms with van der Waals surface area (Å²) >= 11 is 0. The van der Waals surface area contributed by atoms with E-state index in [1.54, 1.807) is 19.1 Å². The van der Waals surface area contributed by atoms with Gasteiger partial charge in [-0.25, -0.2) is 0 Å². The number of aryl methyl sites for hydroxylation is 1. The monoisotopic (exact) mass is 369 g/mol. The summed E-state index contributed by atoms with van der Waals surface area (Å²) in [6, 6.07) is 7.25. The summed E-state index contributed by atoms with van der Waals surface area (Å²) in [5, 5.41) is 11.3. The van der Waals surface area contributed by atoms with Crippen LogP contribution in [0, 0.1) is 0 Å². The standard InChI is InChI=1S/C19H23N5O3/c1-13-19(26)24(14-7-4-5-8-15(14)27-13)12-18(25)20-11-17-22-21-16-9-3-2-6-10-23(16)17/h4-5,7-8,13H,2-3,6,9-12H2,1H3,(H,20,25)/t13-/m0/s1. The number of hydrogen-bond acceptors (Lipinski definition) is 5. The number of amides is 2. The molecule has 3 heterocycles. The molecule has 0 unspecified atom stereocenters. The maximum atomic E-state index is 12.5. The summed E-state index contributed by atoms with van der Waals surface area (Å²) in [6.07, 6.45) is 3.73. The molecule has 2 aliphatic rings. The molecule has 4 rings (SSSR count). The number of benzene rings is 1. The molecule has 142 valence electrons. The predicted octanol–water partition coefficient (Wildman–Crippen LogP) is 1.43. The number of carbonyl (C=O) groups excluding carboxylic acids is 2. The van der Waals surface area contributed by atoms with Crippen LogP contribution >= 0.6 is 0 Å². The van der Waals surface area contributed by atoms with E-state index < -0.39 is 6.10 Å². The van der Waals surface area contributed by atoms with Crippen molar-refractivity contribution in [2.45, 2.75) is 51.8 Å². The van der Waals surface area contributed by atoms with Gasteiger partial charge in [-0.3, -0.25) is 14.5 Å². The first-order chi connectivity index (χ1) is 13.1. The second kappa shape index (κ2) is 7.38. The Hall–Kier alpha value is -2.90. The van der Waals surface area contributed by atoms with E-state index in [4.69, 9.17) is 4.74 Å². The number of nitrogens with one attached hydrogen (secondary N) is 1. The van der Waals surface area contributed by atoms with E-state index >= 15 is 0 Å². The van der Waals surface area contributed by atoms with E-state index in [2.05, 4.69) is 20.1 Å². The molecule has 0 spiro atoms. The molecule has 1 N–H and O–H groups in total. The molecule has 0 saturated carbocycles.